The van der Waals surface area contributed by atoms with Crippen LogP contribution in [-0.2, 0) is 0 Å². The minimum Gasteiger partial charge on any atom is -0.454 e. The summed E-state index contributed by atoms with van der Waals surface area (Å²) >= 11 is 0. The molecule has 98 valence electrons. The lowest BCUT2D eigenvalue weighted by atomic mass is 10.2. The highest BCUT2D eigenvalue weighted by Gasteiger charge is 2.16. The average Bonchev–Trinajstić information content (AvgIpc) is 3.16. The van der Waals surface area contributed by atoms with Crippen molar-refractivity contribution in [2.24, 2.45) is 0 Å². The molecule has 4 nitrogen and oxygen atoms in total. The first kappa shape index (κ1) is 11.1. The van der Waals surface area contributed by atoms with Crippen LogP contribution in [0.25, 0.3) is 22.7 Å². The SMILES string of the molecule is c1ccc(-c2coc(-c3ccc4c(c3)OCO4)n2)cc1. The Morgan fingerprint density at radius 3 is 2.60 bits per heavy atom. The summed E-state index contributed by atoms with van der Waals surface area (Å²) in [5.74, 6) is 2.05. The molecule has 20 heavy (non-hydrogen) atoms. The summed E-state index contributed by atoms with van der Waals surface area (Å²) in [5, 5.41) is 0. The molecule has 0 amide bonds. The Morgan fingerprint density at radius 2 is 1.70 bits per heavy atom. The van der Waals surface area contributed by atoms with E-state index in [2.05, 4.69) is 4.98 Å². The van der Waals surface area contributed by atoms with Gasteiger partial charge < -0.3 is 13.9 Å². The second-order valence-electron chi connectivity index (χ2n) is 4.47. The van der Waals surface area contributed by atoms with Crippen molar-refractivity contribution in [3.8, 4) is 34.2 Å². The number of nitrogens with zero attached hydrogens (tertiary/aromatic N) is 1. The molecule has 0 bridgehead atoms. The molecular formula is C16H11NO3. The van der Waals surface area contributed by atoms with Gasteiger partial charge in [0.1, 0.15) is 12.0 Å². The summed E-state index contributed by atoms with van der Waals surface area (Å²) in [6.45, 7) is 0.264. The van der Waals surface area contributed by atoms with Crippen LogP contribution in [0, 0.1) is 0 Å². The second kappa shape index (κ2) is 4.42. The zero-order chi connectivity index (χ0) is 13.4. The third-order valence-corrected chi connectivity index (χ3v) is 3.19. The molecule has 0 saturated carbocycles. The maximum absolute atomic E-state index is 5.56. The molecule has 2 aromatic carbocycles. The van der Waals surface area contributed by atoms with Gasteiger partial charge in [-0.2, -0.15) is 0 Å². The fraction of sp³-hybridized carbons (Fsp3) is 0.0625. The first-order chi connectivity index (χ1) is 9.90. The zero-order valence-electron chi connectivity index (χ0n) is 10.6. The van der Waals surface area contributed by atoms with E-state index < -0.39 is 0 Å². The van der Waals surface area contributed by atoms with Gasteiger partial charge in [-0.05, 0) is 18.2 Å². The molecule has 0 spiro atoms. The Labute approximate surface area is 115 Å². The summed E-state index contributed by atoms with van der Waals surface area (Å²) in [7, 11) is 0. The van der Waals surface area contributed by atoms with Crippen molar-refractivity contribution in [1.29, 1.82) is 0 Å². The predicted molar refractivity (Wildman–Crippen MR) is 73.5 cm³/mol. The molecule has 0 aliphatic carbocycles. The number of hydrogen-bond acceptors (Lipinski definition) is 4. The smallest absolute Gasteiger partial charge is 0.231 e. The standard InChI is InChI=1S/C16H11NO3/c1-2-4-11(5-3-1)13-9-18-16(17-13)12-6-7-14-15(8-12)20-10-19-14/h1-9H,10H2. The maximum Gasteiger partial charge on any atom is 0.231 e. The van der Waals surface area contributed by atoms with Gasteiger partial charge in [0.2, 0.25) is 12.7 Å². The molecule has 0 fully saturated rings. The van der Waals surface area contributed by atoms with Crippen molar-refractivity contribution in [3.63, 3.8) is 0 Å². The fourth-order valence-electron chi connectivity index (χ4n) is 2.18. The van der Waals surface area contributed by atoms with Crippen LogP contribution in [0.2, 0.25) is 0 Å². The molecule has 0 atom stereocenters. The number of benzene rings is 2. The van der Waals surface area contributed by atoms with Gasteiger partial charge in [-0.15, -0.1) is 0 Å². The van der Waals surface area contributed by atoms with Crippen molar-refractivity contribution < 1.29 is 13.9 Å². The van der Waals surface area contributed by atoms with Gasteiger partial charge >= 0.3 is 0 Å². The van der Waals surface area contributed by atoms with Crippen LogP contribution in [-0.4, -0.2) is 11.8 Å². The highest BCUT2D eigenvalue weighted by molar-refractivity contribution is 5.65. The van der Waals surface area contributed by atoms with Crippen molar-refractivity contribution in [2.45, 2.75) is 0 Å². The minimum absolute atomic E-state index is 0.264. The van der Waals surface area contributed by atoms with Crippen LogP contribution >= 0.6 is 0 Å². The molecule has 0 radical (unpaired) electrons. The first-order valence-electron chi connectivity index (χ1n) is 6.31. The van der Waals surface area contributed by atoms with Gasteiger partial charge in [0.15, 0.2) is 11.5 Å². The Hall–Kier alpha value is -2.75. The minimum atomic E-state index is 0.264. The third-order valence-electron chi connectivity index (χ3n) is 3.19. The van der Waals surface area contributed by atoms with E-state index in [1.54, 1.807) is 6.26 Å². The second-order valence-corrected chi connectivity index (χ2v) is 4.47. The quantitative estimate of drug-likeness (QED) is 0.708. The van der Waals surface area contributed by atoms with Gasteiger partial charge in [-0.1, -0.05) is 30.3 Å². The van der Waals surface area contributed by atoms with E-state index in [4.69, 9.17) is 13.9 Å². The summed E-state index contributed by atoms with van der Waals surface area (Å²) in [5.41, 5.74) is 2.72. The number of oxazole rings is 1. The van der Waals surface area contributed by atoms with Crippen LogP contribution in [0.3, 0.4) is 0 Å². The third kappa shape index (κ3) is 1.82. The van der Waals surface area contributed by atoms with Gasteiger partial charge in [0.05, 0.1) is 0 Å². The molecule has 1 aliphatic rings. The van der Waals surface area contributed by atoms with Crippen molar-refractivity contribution >= 4 is 0 Å². The number of aromatic nitrogens is 1. The van der Waals surface area contributed by atoms with Crippen LogP contribution in [0.4, 0.5) is 0 Å². The van der Waals surface area contributed by atoms with E-state index in [-0.39, 0.29) is 6.79 Å². The number of hydrogen-bond donors (Lipinski definition) is 0. The summed E-state index contributed by atoms with van der Waals surface area (Å²) in [6.07, 6.45) is 1.66. The lowest BCUT2D eigenvalue weighted by Gasteiger charge is -1.98. The van der Waals surface area contributed by atoms with Crippen LogP contribution < -0.4 is 9.47 Å². The first-order valence-corrected chi connectivity index (χ1v) is 6.31. The number of fused-ring (bicyclic) bond motifs is 1. The molecule has 0 saturated heterocycles. The van der Waals surface area contributed by atoms with E-state index in [9.17, 15) is 0 Å². The van der Waals surface area contributed by atoms with Crippen LogP contribution in [0.15, 0.2) is 59.2 Å². The largest absolute Gasteiger partial charge is 0.454 e. The molecule has 4 rings (SSSR count). The summed E-state index contributed by atoms with van der Waals surface area (Å²) < 4.78 is 16.2. The summed E-state index contributed by atoms with van der Waals surface area (Å²) in [6, 6.07) is 15.6. The Kier molecular flexibility index (Phi) is 2.45. The topological polar surface area (TPSA) is 44.5 Å². The fourth-order valence-corrected chi connectivity index (χ4v) is 2.18. The normalized spacial score (nSPS) is 12.6. The van der Waals surface area contributed by atoms with Gasteiger partial charge in [-0.25, -0.2) is 4.98 Å². The molecule has 1 aromatic heterocycles. The van der Waals surface area contributed by atoms with Crippen LogP contribution in [0.1, 0.15) is 0 Å². The van der Waals surface area contributed by atoms with E-state index in [0.29, 0.717) is 5.89 Å². The highest BCUT2D eigenvalue weighted by atomic mass is 16.7. The molecule has 0 unspecified atom stereocenters. The Bertz CT molecular complexity index is 749. The predicted octanol–water partition coefficient (Wildman–Crippen LogP) is 3.74. The van der Waals surface area contributed by atoms with Gasteiger partial charge in [-0.3, -0.25) is 0 Å². The molecule has 4 heteroatoms. The zero-order valence-corrected chi connectivity index (χ0v) is 10.6. The highest BCUT2D eigenvalue weighted by Crippen LogP contribution is 2.36. The molecular weight excluding hydrogens is 254 g/mol. The van der Waals surface area contributed by atoms with Gasteiger partial charge in [0.25, 0.3) is 0 Å². The molecule has 0 N–H and O–H groups in total. The van der Waals surface area contributed by atoms with Crippen molar-refractivity contribution in [3.05, 3.63) is 54.8 Å². The lowest BCUT2D eigenvalue weighted by Crippen LogP contribution is -1.92. The Morgan fingerprint density at radius 1 is 0.850 bits per heavy atom. The monoisotopic (exact) mass is 265 g/mol. The lowest BCUT2D eigenvalue weighted by molar-refractivity contribution is 0.174. The van der Waals surface area contributed by atoms with E-state index in [1.165, 1.54) is 0 Å². The molecule has 1 aliphatic heterocycles. The van der Waals surface area contributed by atoms with Crippen molar-refractivity contribution in [1.82, 2.24) is 4.98 Å². The maximum atomic E-state index is 5.56. The summed E-state index contributed by atoms with van der Waals surface area (Å²) in [4.78, 5) is 4.51. The van der Waals surface area contributed by atoms with E-state index >= 15 is 0 Å². The van der Waals surface area contributed by atoms with Crippen LogP contribution in [0.5, 0.6) is 11.5 Å². The Balaban J connectivity index is 1.72. The molecule has 2 heterocycles. The number of rotatable bonds is 2. The number of ether oxygens (including phenoxy) is 2. The molecule has 3 aromatic rings. The van der Waals surface area contributed by atoms with Gasteiger partial charge in [0, 0.05) is 11.1 Å². The van der Waals surface area contributed by atoms with Crippen molar-refractivity contribution in [2.75, 3.05) is 6.79 Å². The average molecular weight is 265 g/mol. The van der Waals surface area contributed by atoms with E-state index in [0.717, 1.165) is 28.3 Å². The van der Waals surface area contributed by atoms with E-state index in [1.807, 2.05) is 48.5 Å².